The molecule has 2 aromatic rings. The van der Waals surface area contributed by atoms with Crippen molar-refractivity contribution in [1.82, 2.24) is 15.2 Å². The molecule has 0 saturated carbocycles. The lowest BCUT2D eigenvalue weighted by Crippen LogP contribution is -2.38. The van der Waals surface area contributed by atoms with Crippen LogP contribution >= 0.6 is 22.7 Å². The van der Waals surface area contributed by atoms with Crippen molar-refractivity contribution in [3.63, 3.8) is 0 Å². The molecule has 3 heterocycles. The minimum atomic E-state index is -0.0107. The second-order valence-electron chi connectivity index (χ2n) is 5.51. The number of amides is 1. The van der Waals surface area contributed by atoms with Crippen molar-refractivity contribution >= 4 is 28.6 Å². The molecule has 3 rings (SSSR count). The zero-order chi connectivity index (χ0) is 16.1. The molecular weight excluding hydrogens is 330 g/mol. The van der Waals surface area contributed by atoms with Gasteiger partial charge < -0.3 is 10.1 Å². The molecule has 124 valence electrons. The second-order valence-corrected chi connectivity index (χ2v) is 7.29. The number of thiophene rings is 1. The molecule has 0 aliphatic carbocycles. The maximum atomic E-state index is 12.3. The number of ether oxygens (including phenoxy) is 1. The molecule has 1 aliphatic heterocycles. The van der Waals surface area contributed by atoms with Crippen LogP contribution in [0.5, 0.6) is 0 Å². The first-order valence-electron chi connectivity index (χ1n) is 7.82. The average Bonchev–Trinajstić information content (AvgIpc) is 3.21. The van der Waals surface area contributed by atoms with Crippen LogP contribution in [0.15, 0.2) is 16.8 Å². The number of rotatable bonds is 6. The molecule has 1 fully saturated rings. The van der Waals surface area contributed by atoms with Crippen LogP contribution in [0.3, 0.4) is 0 Å². The summed E-state index contributed by atoms with van der Waals surface area (Å²) in [5.74, 6) is -0.0107. The van der Waals surface area contributed by atoms with Crippen molar-refractivity contribution in [1.29, 1.82) is 0 Å². The molecule has 0 atom stereocenters. The van der Waals surface area contributed by atoms with Crippen LogP contribution in [0.4, 0.5) is 0 Å². The standard InChI is InChI=1S/C16H21N3O2S2/c1-12-14(23-16(18-12)13-3-10-22-11-13)15(20)17-4-2-5-19-6-8-21-9-7-19/h3,10-11H,2,4-9H2,1H3,(H,17,20). The Kier molecular flexibility index (Phi) is 5.77. The van der Waals surface area contributed by atoms with Crippen LogP contribution in [0.25, 0.3) is 10.6 Å². The Morgan fingerprint density at radius 2 is 2.26 bits per heavy atom. The van der Waals surface area contributed by atoms with Gasteiger partial charge in [0.2, 0.25) is 0 Å². The quantitative estimate of drug-likeness (QED) is 0.813. The minimum absolute atomic E-state index is 0.0107. The number of aromatic nitrogens is 1. The first-order valence-corrected chi connectivity index (χ1v) is 9.58. The van der Waals surface area contributed by atoms with Crippen molar-refractivity contribution in [2.45, 2.75) is 13.3 Å². The predicted octanol–water partition coefficient (Wildman–Crippen LogP) is 2.63. The van der Waals surface area contributed by atoms with Crippen molar-refractivity contribution in [2.75, 3.05) is 39.4 Å². The third-order valence-electron chi connectivity index (χ3n) is 3.81. The van der Waals surface area contributed by atoms with Crippen LogP contribution in [0, 0.1) is 6.92 Å². The maximum absolute atomic E-state index is 12.3. The van der Waals surface area contributed by atoms with Crippen LogP contribution in [-0.4, -0.2) is 55.2 Å². The fourth-order valence-corrected chi connectivity index (χ4v) is 4.22. The van der Waals surface area contributed by atoms with E-state index in [1.807, 2.05) is 18.4 Å². The summed E-state index contributed by atoms with van der Waals surface area (Å²) in [5, 5.41) is 8.02. The van der Waals surface area contributed by atoms with E-state index in [0.717, 1.165) is 60.4 Å². The van der Waals surface area contributed by atoms with Crippen LogP contribution in [0.2, 0.25) is 0 Å². The lowest BCUT2D eigenvalue weighted by Gasteiger charge is -2.26. The zero-order valence-corrected chi connectivity index (χ0v) is 14.8. The zero-order valence-electron chi connectivity index (χ0n) is 13.2. The maximum Gasteiger partial charge on any atom is 0.263 e. The van der Waals surface area contributed by atoms with Crippen LogP contribution in [-0.2, 0) is 4.74 Å². The Hall–Kier alpha value is -1.28. The number of hydrogen-bond donors (Lipinski definition) is 1. The van der Waals surface area contributed by atoms with Gasteiger partial charge in [-0.1, -0.05) is 0 Å². The average molecular weight is 351 g/mol. The molecule has 0 unspecified atom stereocenters. The highest BCUT2D eigenvalue weighted by atomic mass is 32.1. The van der Waals surface area contributed by atoms with E-state index in [9.17, 15) is 4.79 Å². The normalized spacial score (nSPS) is 15.7. The molecule has 0 radical (unpaired) electrons. The Bertz CT molecular complexity index is 634. The SMILES string of the molecule is Cc1nc(-c2ccsc2)sc1C(=O)NCCCN1CCOCC1. The number of thiazole rings is 1. The summed E-state index contributed by atoms with van der Waals surface area (Å²) in [6.07, 6.45) is 0.959. The Balaban J connectivity index is 1.48. The molecule has 1 aliphatic rings. The molecule has 0 aromatic carbocycles. The number of morpholine rings is 1. The Morgan fingerprint density at radius 1 is 1.43 bits per heavy atom. The summed E-state index contributed by atoms with van der Waals surface area (Å²) >= 11 is 3.11. The van der Waals surface area contributed by atoms with Gasteiger partial charge in [-0.05, 0) is 31.3 Å². The molecular formula is C16H21N3O2S2. The first kappa shape index (κ1) is 16.6. The van der Waals surface area contributed by atoms with Gasteiger partial charge in [0, 0.05) is 30.6 Å². The van der Waals surface area contributed by atoms with E-state index >= 15 is 0 Å². The fourth-order valence-electron chi connectivity index (χ4n) is 2.53. The van der Waals surface area contributed by atoms with Gasteiger partial charge in [0.1, 0.15) is 9.88 Å². The van der Waals surface area contributed by atoms with E-state index < -0.39 is 0 Å². The molecule has 1 amide bonds. The van der Waals surface area contributed by atoms with Gasteiger partial charge in [0.15, 0.2) is 0 Å². The van der Waals surface area contributed by atoms with Gasteiger partial charge in [-0.3, -0.25) is 9.69 Å². The van der Waals surface area contributed by atoms with Gasteiger partial charge in [0.25, 0.3) is 5.91 Å². The number of carbonyl (C=O) groups excluding carboxylic acids is 1. The third-order valence-corrected chi connectivity index (χ3v) is 5.70. The summed E-state index contributed by atoms with van der Waals surface area (Å²) in [7, 11) is 0. The van der Waals surface area contributed by atoms with E-state index in [0.29, 0.717) is 6.54 Å². The molecule has 1 saturated heterocycles. The largest absolute Gasteiger partial charge is 0.379 e. The lowest BCUT2D eigenvalue weighted by molar-refractivity contribution is 0.0374. The number of carbonyl (C=O) groups is 1. The number of nitrogens with zero attached hydrogens (tertiary/aromatic N) is 2. The summed E-state index contributed by atoms with van der Waals surface area (Å²) in [4.78, 5) is 19.9. The molecule has 23 heavy (non-hydrogen) atoms. The summed E-state index contributed by atoms with van der Waals surface area (Å²) in [5.41, 5.74) is 1.90. The van der Waals surface area contributed by atoms with E-state index in [1.165, 1.54) is 11.3 Å². The van der Waals surface area contributed by atoms with Crippen LogP contribution < -0.4 is 5.32 Å². The Morgan fingerprint density at radius 3 is 3.00 bits per heavy atom. The third kappa shape index (κ3) is 4.38. The van der Waals surface area contributed by atoms with Crippen LogP contribution in [0.1, 0.15) is 21.8 Å². The van der Waals surface area contributed by atoms with Gasteiger partial charge in [-0.2, -0.15) is 11.3 Å². The number of nitrogens with one attached hydrogen (secondary N) is 1. The number of aryl methyl sites for hydroxylation is 1. The second kappa shape index (κ2) is 8.01. The highest BCUT2D eigenvalue weighted by Gasteiger charge is 2.16. The van der Waals surface area contributed by atoms with Crippen molar-refractivity contribution in [2.24, 2.45) is 0 Å². The highest BCUT2D eigenvalue weighted by molar-refractivity contribution is 7.17. The molecule has 5 nitrogen and oxygen atoms in total. The summed E-state index contributed by atoms with van der Waals surface area (Å²) in [6, 6.07) is 2.03. The molecule has 0 spiro atoms. The smallest absolute Gasteiger partial charge is 0.263 e. The molecule has 0 bridgehead atoms. The van der Waals surface area contributed by atoms with E-state index in [-0.39, 0.29) is 5.91 Å². The van der Waals surface area contributed by atoms with Gasteiger partial charge in [-0.25, -0.2) is 4.98 Å². The predicted molar refractivity (Wildman–Crippen MR) is 94.4 cm³/mol. The highest BCUT2D eigenvalue weighted by Crippen LogP contribution is 2.29. The van der Waals surface area contributed by atoms with E-state index in [1.54, 1.807) is 11.3 Å². The first-order chi connectivity index (χ1) is 11.2. The van der Waals surface area contributed by atoms with Gasteiger partial charge in [-0.15, -0.1) is 11.3 Å². The summed E-state index contributed by atoms with van der Waals surface area (Å²) < 4.78 is 5.33. The van der Waals surface area contributed by atoms with E-state index in [4.69, 9.17) is 4.74 Å². The monoisotopic (exact) mass is 351 g/mol. The van der Waals surface area contributed by atoms with Gasteiger partial charge in [0.05, 0.1) is 18.9 Å². The topological polar surface area (TPSA) is 54.5 Å². The lowest BCUT2D eigenvalue weighted by atomic mass is 10.3. The van der Waals surface area contributed by atoms with Crippen molar-refractivity contribution < 1.29 is 9.53 Å². The Labute approximate surface area is 144 Å². The minimum Gasteiger partial charge on any atom is -0.379 e. The molecule has 7 heteroatoms. The molecule has 2 aromatic heterocycles. The molecule has 1 N–H and O–H groups in total. The van der Waals surface area contributed by atoms with Gasteiger partial charge >= 0.3 is 0 Å². The number of hydrogen-bond acceptors (Lipinski definition) is 6. The van der Waals surface area contributed by atoms with Crippen molar-refractivity contribution in [3.05, 3.63) is 27.4 Å². The van der Waals surface area contributed by atoms with Crippen molar-refractivity contribution in [3.8, 4) is 10.6 Å². The summed E-state index contributed by atoms with van der Waals surface area (Å²) in [6.45, 7) is 7.22. The fraction of sp³-hybridized carbons (Fsp3) is 0.500. The van der Waals surface area contributed by atoms with E-state index in [2.05, 4.69) is 20.6 Å².